The summed E-state index contributed by atoms with van der Waals surface area (Å²) in [5.41, 5.74) is 6.74. The van der Waals surface area contributed by atoms with Gasteiger partial charge in [0, 0.05) is 11.5 Å². The smallest absolute Gasteiger partial charge is 0.239 e. The highest BCUT2D eigenvalue weighted by Crippen LogP contribution is 2.31. The Morgan fingerprint density at radius 1 is 1.29 bits per heavy atom. The number of rotatable bonds is 2. The van der Waals surface area contributed by atoms with Gasteiger partial charge in [0.15, 0.2) is 0 Å². The third-order valence-electron chi connectivity index (χ3n) is 2.46. The number of anilines is 2. The molecule has 0 aliphatic carbocycles. The number of nitrogens with zero attached hydrogens (tertiary/aromatic N) is 1. The molecule has 2 N–H and O–H groups in total. The summed E-state index contributed by atoms with van der Waals surface area (Å²) in [4.78, 5) is 0. The summed E-state index contributed by atoms with van der Waals surface area (Å²) in [7, 11) is -1.91. The average molecular weight is 321 g/mol. The van der Waals surface area contributed by atoms with E-state index in [-0.39, 0.29) is 0 Å². The number of nitrogens with two attached hydrogens (primary N) is 1. The Kier molecular flexibility index (Phi) is 3.78. The first-order valence-electron chi connectivity index (χ1n) is 5.11. The fraction of sp³-hybridized carbons (Fsp3) is 0.455. The van der Waals surface area contributed by atoms with Crippen LogP contribution in [-0.2, 0) is 10.0 Å². The van der Waals surface area contributed by atoms with Gasteiger partial charge in [-0.2, -0.15) is 0 Å². The Balaban J connectivity index is 3.27. The summed E-state index contributed by atoms with van der Waals surface area (Å²) in [6.07, 6.45) is 0. The number of sulfonamides is 1. The second-order valence-electron chi connectivity index (χ2n) is 4.79. The molecule has 0 aliphatic heterocycles. The summed E-state index contributed by atoms with van der Waals surface area (Å²) >= 11 is 3.29. The molecule has 0 saturated carbocycles. The highest BCUT2D eigenvalue weighted by atomic mass is 79.9. The van der Waals surface area contributed by atoms with Gasteiger partial charge in [-0.3, -0.25) is 4.31 Å². The zero-order chi connectivity index (χ0) is 13.4. The van der Waals surface area contributed by atoms with Crippen LogP contribution < -0.4 is 10.0 Å². The lowest BCUT2D eigenvalue weighted by Gasteiger charge is -2.29. The molecule has 0 amide bonds. The van der Waals surface area contributed by atoms with Crippen molar-refractivity contribution in [1.82, 2.24) is 0 Å². The topological polar surface area (TPSA) is 63.4 Å². The molecular weight excluding hydrogens is 304 g/mol. The third-order valence-corrected chi connectivity index (χ3v) is 5.42. The summed E-state index contributed by atoms with van der Waals surface area (Å²) in [6.45, 7) is 4.98. The minimum absolute atomic E-state index is 0.426. The van der Waals surface area contributed by atoms with Crippen molar-refractivity contribution in [1.29, 1.82) is 0 Å². The van der Waals surface area contributed by atoms with Gasteiger partial charge in [-0.25, -0.2) is 8.42 Å². The van der Waals surface area contributed by atoms with E-state index < -0.39 is 14.8 Å². The molecule has 1 aromatic carbocycles. The molecule has 96 valence electrons. The molecular formula is C11H17BrN2O2S. The van der Waals surface area contributed by atoms with Gasteiger partial charge in [0.1, 0.15) is 0 Å². The lowest BCUT2D eigenvalue weighted by atomic mass is 10.3. The van der Waals surface area contributed by atoms with Crippen molar-refractivity contribution in [3.8, 4) is 0 Å². The molecule has 1 rings (SSSR count). The van der Waals surface area contributed by atoms with E-state index in [1.165, 1.54) is 11.4 Å². The van der Waals surface area contributed by atoms with E-state index in [9.17, 15) is 8.42 Å². The first-order chi connectivity index (χ1) is 7.57. The van der Waals surface area contributed by atoms with Crippen molar-refractivity contribution in [2.24, 2.45) is 0 Å². The molecule has 0 aliphatic rings. The van der Waals surface area contributed by atoms with Crippen molar-refractivity contribution in [3.63, 3.8) is 0 Å². The summed E-state index contributed by atoms with van der Waals surface area (Å²) in [5, 5.41) is 0. The first-order valence-corrected chi connectivity index (χ1v) is 7.34. The van der Waals surface area contributed by atoms with E-state index in [2.05, 4.69) is 15.9 Å². The molecule has 1 aromatic rings. The molecule has 0 bridgehead atoms. The maximum atomic E-state index is 12.2. The van der Waals surface area contributed by atoms with Crippen LogP contribution in [0.1, 0.15) is 20.8 Å². The minimum atomic E-state index is -3.43. The molecule has 0 unspecified atom stereocenters. The van der Waals surface area contributed by atoms with Gasteiger partial charge in [0.05, 0.1) is 16.1 Å². The van der Waals surface area contributed by atoms with E-state index >= 15 is 0 Å². The van der Waals surface area contributed by atoms with Crippen LogP contribution in [0.2, 0.25) is 0 Å². The van der Waals surface area contributed by atoms with Gasteiger partial charge < -0.3 is 5.73 Å². The molecule has 0 atom stereocenters. The molecule has 6 heteroatoms. The van der Waals surface area contributed by atoms with Crippen molar-refractivity contribution in [2.45, 2.75) is 25.5 Å². The second kappa shape index (κ2) is 4.49. The highest BCUT2D eigenvalue weighted by Gasteiger charge is 2.34. The standard InChI is InChI=1S/C11H17BrN2O2S/c1-11(2,3)17(15,16)14(4)10-6-5-8(12)7-9(10)13/h5-7H,13H2,1-4H3. The van der Waals surface area contributed by atoms with Crippen LogP contribution in [0.15, 0.2) is 22.7 Å². The molecule has 0 aromatic heterocycles. The lowest BCUT2D eigenvalue weighted by molar-refractivity contribution is 0.558. The second-order valence-corrected chi connectivity index (χ2v) is 8.43. The molecule has 0 heterocycles. The third kappa shape index (κ3) is 2.74. The van der Waals surface area contributed by atoms with E-state index in [0.717, 1.165) is 4.47 Å². The van der Waals surface area contributed by atoms with Crippen LogP contribution in [0.4, 0.5) is 11.4 Å². The Morgan fingerprint density at radius 2 is 1.82 bits per heavy atom. The normalized spacial score (nSPS) is 12.5. The summed E-state index contributed by atoms with van der Waals surface area (Å²) in [6, 6.07) is 5.13. The SMILES string of the molecule is CN(c1ccc(Br)cc1N)S(=O)(=O)C(C)(C)C. The van der Waals surface area contributed by atoms with Gasteiger partial charge >= 0.3 is 0 Å². The summed E-state index contributed by atoms with van der Waals surface area (Å²) in [5.74, 6) is 0. The molecule has 0 fully saturated rings. The van der Waals surface area contributed by atoms with Crippen LogP contribution in [-0.4, -0.2) is 20.2 Å². The predicted molar refractivity (Wildman–Crippen MR) is 75.6 cm³/mol. The predicted octanol–water partition coefficient (Wildman–Crippen LogP) is 2.60. The van der Waals surface area contributed by atoms with Crippen LogP contribution in [0.3, 0.4) is 0 Å². The zero-order valence-electron chi connectivity index (χ0n) is 10.4. The number of halogens is 1. The van der Waals surface area contributed by atoms with Gasteiger partial charge in [-0.1, -0.05) is 15.9 Å². The minimum Gasteiger partial charge on any atom is -0.397 e. The molecule has 0 spiro atoms. The average Bonchev–Trinajstić information content (AvgIpc) is 2.14. The van der Waals surface area contributed by atoms with Gasteiger partial charge in [-0.05, 0) is 39.0 Å². The van der Waals surface area contributed by atoms with Gasteiger partial charge in [0.25, 0.3) is 0 Å². The Morgan fingerprint density at radius 3 is 2.24 bits per heavy atom. The van der Waals surface area contributed by atoms with E-state index in [1.54, 1.807) is 39.0 Å². The zero-order valence-corrected chi connectivity index (χ0v) is 12.8. The largest absolute Gasteiger partial charge is 0.397 e. The van der Waals surface area contributed by atoms with Gasteiger partial charge in [0.2, 0.25) is 10.0 Å². The molecule has 4 nitrogen and oxygen atoms in total. The van der Waals surface area contributed by atoms with Crippen LogP contribution in [0.5, 0.6) is 0 Å². The van der Waals surface area contributed by atoms with Crippen molar-refractivity contribution in [2.75, 3.05) is 17.1 Å². The fourth-order valence-electron chi connectivity index (χ4n) is 1.35. The van der Waals surface area contributed by atoms with E-state index in [4.69, 9.17) is 5.73 Å². The van der Waals surface area contributed by atoms with Crippen LogP contribution >= 0.6 is 15.9 Å². The first kappa shape index (κ1) is 14.3. The Hall–Kier alpha value is -0.750. The van der Waals surface area contributed by atoms with Crippen molar-refractivity contribution in [3.05, 3.63) is 22.7 Å². The highest BCUT2D eigenvalue weighted by molar-refractivity contribution is 9.10. The van der Waals surface area contributed by atoms with E-state index in [0.29, 0.717) is 11.4 Å². The van der Waals surface area contributed by atoms with E-state index in [1.807, 2.05) is 0 Å². The molecule has 17 heavy (non-hydrogen) atoms. The maximum Gasteiger partial charge on any atom is 0.239 e. The molecule has 0 saturated heterocycles. The van der Waals surface area contributed by atoms with Crippen molar-refractivity contribution >= 4 is 37.3 Å². The summed E-state index contributed by atoms with van der Waals surface area (Å²) < 4.78 is 25.7. The Bertz CT molecular complexity index is 521. The monoisotopic (exact) mass is 320 g/mol. The van der Waals surface area contributed by atoms with Crippen LogP contribution in [0, 0.1) is 0 Å². The Labute approximate surface area is 111 Å². The maximum absolute atomic E-state index is 12.2. The van der Waals surface area contributed by atoms with Crippen molar-refractivity contribution < 1.29 is 8.42 Å². The quantitative estimate of drug-likeness (QED) is 0.852. The molecule has 0 radical (unpaired) electrons. The lowest BCUT2D eigenvalue weighted by Crippen LogP contribution is -2.41. The number of nitrogen functional groups attached to an aromatic ring is 1. The number of benzene rings is 1. The fourth-order valence-corrected chi connectivity index (χ4v) is 2.98. The van der Waals surface area contributed by atoms with Gasteiger partial charge in [-0.15, -0.1) is 0 Å². The number of hydrogen-bond donors (Lipinski definition) is 1. The van der Waals surface area contributed by atoms with Crippen LogP contribution in [0.25, 0.3) is 0 Å². The number of hydrogen-bond acceptors (Lipinski definition) is 3.